The van der Waals surface area contributed by atoms with E-state index in [1.54, 1.807) is 0 Å². The van der Waals surface area contributed by atoms with Crippen molar-refractivity contribution in [2.24, 2.45) is 0 Å². The van der Waals surface area contributed by atoms with E-state index in [-0.39, 0.29) is 5.75 Å². The SMILES string of the molecule is CCCC[N+](C)(C)CCN(CCCS(=O)(=O)O)Cc1ccccc1. The molecule has 0 unspecified atom stereocenters. The van der Waals surface area contributed by atoms with Gasteiger partial charge in [0, 0.05) is 13.1 Å². The molecule has 5 nitrogen and oxygen atoms in total. The average molecular weight is 358 g/mol. The molecule has 0 heterocycles. The molecule has 0 aliphatic rings. The predicted octanol–water partition coefficient (Wildman–Crippen LogP) is 2.64. The van der Waals surface area contributed by atoms with Gasteiger partial charge in [0.1, 0.15) is 0 Å². The molecule has 0 aromatic heterocycles. The lowest BCUT2D eigenvalue weighted by Crippen LogP contribution is -2.46. The first-order valence-electron chi connectivity index (χ1n) is 8.75. The van der Waals surface area contributed by atoms with Gasteiger partial charge in [-0.3, -0.25) is 9.45 Å². The third-order valence-electron chi connectivity index (χ3n) is 4.26. The Kier molecular flexibility index (Phi) is 8.91. The van der Waals surface area contributed by atoms with E-state index in [0.717, 1.165) is 30.7 Å². The van der Waals surface area contributed by atoms with Gasteiger partial charge in [0.05, 0.1) is 32.9 Å². The summed E-state index contributed by atoms with van der Waals surface area (Å²) in [6.07, 6.45) is 2.87. The van der Waals surface area contributed by atoms with Crippen LogP contribution in [0, 0.1) is 0 Å². The van der Waals surface area contributed by atoms with E-state index in [4.69, 9.17) is 4.55 Å². The van der Waals surface area contributed by atoms with E-state index in [1.165, 1.54) is 18.4 Å². The summed E-state index contributed by atoms with van der Waals surface area (Å²) in [6, 6.07) is 10.2. The van der Waals surface area contributed by atoms with Crippen molar-refractivity contribution in [1.82, 2.24) is 4.90 Å². The van der Waals surface area contributed by atoms with Gasteiger partial charge in [0.2, 0.25) is 0 Å². The van der Waals surface area contributed by atoms with Crippen LogP contribution in [0.2, 0.25) is 0 Å². The summed E-state index contributed by atoms with van der Waals surface area (Å²) in [6.45, 7) is 6.77. The van der Waals surface area contributed by atoms with Crippen molar-refractivity contribution in [3.8, 4) is 0 Å². The lowest BCUT2D eigenvalue weighted by Gasteiger charge is -2.33. The van der Waals surface area contributed by atoms with Crippen LogP contribution in [0.3, 0.4) is 0 Å². The molecule has 1 rings (SSSR count). The Hall–Kier alpha value is -0.950. The van der Waals surface area contributed by atoms with E-state index in [1.807, 2.05) is 18.2 Å². The van der Waals surface area contributed by atoms with Gasteiger partial charge in [-0.2, -0.15) is 8.42 Å². The van der Waals surface area contributed by atoms with Crippen LogP contribution in [-0.2, 0) is 16.7 Å². The molecule has 0 atom stereocenters. The van der Waals surface area contributed by atoms with E-state index < -0.39 is 10.1 Å². The van der Waals surface area contributed by atoms with Crippen molar-refractivity contribution in [2.45, 2.75) is 32.7 Å². The summed E-state index contributed by atoms with van der Waals surface area (Å²) < 4.78 is 31.8. The van der Waals surface area contributed by atoms with Gasteiger partial charge in [-0.15, -0.1) is 0 Å². The first-order chi connectivity index (χ1) is 11.2. The minimum Gasteiger partial charge on any atom is -0.327 e. The lowest BCUT2D eigenvalue weighted by molar-refractivity contribution is -0.890. The molecular formula is C18H33N2O3S+. The number of hydrogen-bond acceptors (Lipinski definition) is 3. The summed E-state index contributed by atoms with van der Waals surface area (Å²) in [5.41, 5.74) is 1.23. The maximum Gasteiger partial charge on any atom is 0.264 e. The number of likely N-dealkylation sites (N-methyl/N-ethyl adjacent to an activating group) is 1. The van der Waals surface area contributed by atoms with Crippen LogP contribution in [0.5, 0.6) is 0 Å². The van der Waals surface area contributed by atoms with Gasteiger partial charge in [-0.25, -0.2) is 0 Å². The van der Waals surface area contributed by atoms with Crippen LogP contribution in [0.25, 0.3) is 0 Å². The number of unbranched alkanes of at least 4 members (excludes halogenated alkanes) is 1. The second-order valence-corrected chi connectivity index (χ2v) is 8.71. The minimum absolute atomic E-state index is 0.174. The zero-order valence-corrected chi connectivity index (χ0v) is 16.1. The van der Waals surface area contributed by atoms with Crippen LogP contribution >= 0.6 is 0 Å². The summed E-state index contributed by atoms with van der Waals surface area (Å²) in [5, 5.41) is 0. The molecule has 0 bridgehead atoms. The highest BCUT2D eigenvalue weighted by molar-refractivity contribution is 7.85. The fourth-order valence-corrected chi connectivity index (χ4v) is 3.19. The lowest BCUT2D eigenvalue weighted by atomic mass is 10.2. The molecule has 24 heavy (non-hydrogen) atoms. The third-order valence-corrected chi connectivity index (χ3v) is 5.07. The second-order valence-electron chi connectivity index (χ2n) is 7.14. The van der Waals surface area contributed by atoms with E-state index in [0.29, 0.717) is 13.0 Å². The average Bonchev–Trinajstić information content (AvgIpc) is 2.50. The molecule has 1 aromatic rings. The fraction of sp³-hybridized carbons (Fsp3) is 0.667. The molecule has 0 saturated heterocycles. The highest BCUT2D eigenvalue weighted by Gasteiger charge is 2.17. The highest BCUT2D eigenvalue weighted by atomic mass is 32.2. The standard InChI is InChI=1S/C18H32N2O3S/c1-4-5-14-20(2,3)15-13-19(12-9-16-24(21,22)23)17-18-10-7-6-8-11-18/h6-8,10-11H,4-5,9,12-17H2,1-3H3/p+1. The first-order valence-corrected chi connectivity index (χ1v) is 10.4. The van der Waals surface area contributed by atoms with Gasteiger partial charge in [0.15, 0.2) is 0 Å². The number of quaternary nitrogens is 1. The molecule has 0 amide bonds. The van der Waals surface area contributed by atoms with E-state index in [9.17, 15) is 8.42 Å². The van der Waals surface area contributed by atoms with Crippen LogP contribution in [0.4, 0.5) is 0 Å². The van der Waals surface area contributed by atoms with Crippen LogP contribution in [-0.4, -0.2) is 68.4 Å². The Morgan fingerprint density at radius 3 is 2.29 bits per heavy atom. The summed E-state index contributed by atoms with van der Waals surface area (Å²) in [7, 11) is 0.611. The maximum atomic E-state index is 10.9. The Morgan fingerprint density at radius 1 is 1.04 bits per heavy atom. The van der Waals surface area contributed by atoms with Crippen LogP contribution in [0.1, 0.15) is 31.7 Å². The summed E-state index contributed by atoms with van der Waals surface area (Å²) >= 11 is 0. The smallest absolute Gasteiger partial charge is 0.264 e. The van der Waals surface area contributed by atoms with Crippen molar-refractivity contribution in [2.75, 3.05) is 46.0 Å². The van der Waals surface area contributed by atoms with Gasteiger partial charge < -0.3 is 4.48 Å². The first kappa shape index (κ1) is 21.1. The van der Waals surface area contributed by atoms with Crippen molar-refractivity contribution in [1.29, 1.82) is 0 Å². The zero-order valence-electron chi connectivity index (χ0n) is 15.3. The third kappa shape index (κ3) is 10.0. The molecular weight excluding hydrogens is 324 g/mol. The van der Waals surface area contributed by atoms with E-state index >= 15 is 0 Å². The van der Waals surface area contributed by atoms with Crippen LogP contribution in [0.15, 0.2) is 30.3 Å². The molecule has 0 aliphatic carbocycles. The maximum absolute atomic E-state index is 10.9. The topological polar surface area (TPSA) is 57.6 Å². The molecule has 0 radical (unpaired) electrons. The summed E-state index contributed by atoms with van der Waals surface area (Å²) in [4.78, 5) is 2.28. The molecule has 138 valence electrons. The van der Waals surface area contributed by atoms with Gasteiger partial charge in [0.25, 0.3) is 10.1 Å². The highest BCUT2D eigenvalue weighted by Crippen LogP contribution is 2.08. The quantitative estimate of drug-likeness (QED) is 0.461. The number of hydrogen-bond donors (Lipinski definition) is 1. The van der Waals surface area contributed by atoms with Crippen LogP contribution < -0.4 is 0 Å². The molecule has 0 saturated carbocycles. The van der Waals surface area contributed by atoms with Gasteiger partial charge >= 0.3 is 0 Å². The number of benzene rings is 1. The van der Waals surface area contributed by atoms with Crippen molar-refractivity contribution >= 4 is 10.1 Å². The molecule has 0 spiro atoms. The molecule has 0 aliphatic heterocycles. The Labute approximate surface area is 147 Å². The second kappa shape index (κ2) is 10.1. The zero-order chi connectivity index (χ0) is 18.1. The Bertz CT molecular complexity index is 559. The molecule has 6 heteroatoms. The molecule has 0 fully saturated rings. The molecule has 1 N–H and O–H groups in total. The normalized spacial score (nSPS) is 12.7. The fourth-order valence-electron chi connectivity index (χ4n) is 2.69. The van der Waals surface area contributed by atoms with Gasteiger partial charge in [-0.1, -0.05) is 43.7 Å². The van der Waals surface area contributed by atoms with Crippen molar-refractivity contribution in [3.63, 3.8) is 0 Å². The minimum atomic E-state index is -3.88. The monoisotopic (exact) mass is 357 g/mol. The Morgan fingerprint density at radius 2 is 1.71 bits per heavy atom. The molecule has 1 aromatic carbocycles. The summed E-state index contributed by atoms with van der Waals surface area (Å²) in [5.74, 6) is -0.174. The Balaban J connectivity index is 2.59. The predicted molar refractivity (Wildman–Crippen MR) is 99.5 cm³/mol. The van der Waals surface area contributed by atoms with E-state index in [2.05, 4.69) is 38.1 Å². The van der Waals surface area contributed by atoms with Crippen molar-refractivity contribution < 1.29 is 17.5 Å². The van der Waals surface area contributed by atoms with Gasteiger partial charge in [-0.05, 0) is 24.9 Å². The number of rotatable bonds is 12. The van der Waals surface area contributed by atoms with Crippen molar-refractivity contribution in [3.05, 3.63) is 35.9 Å². The number of nitrogens with zero attached hydrogens (tertiary/aromatic N) is 2. The largest absolute Gasteiger partial charge is 0.327 e.